The maximum Gasteiger partial charge on any atom is 0.193 e. The van der Waals surface area contributed by atoms with Crippen LogP contribution in [0.25, 0.3) is 0 Å². The summed E-state index contributed by atoms with van der Waals surface area (Å²) < 4.78 is 11.9. The fourth-order valence-corrected chi connectivity index (χ4v) is 1.42. The molecule has 0 fully saturated rings. The van der Waals surface area contributed by atoms with E-state index in [0.717, 1.165) is 5.69 Å². The molecular weight excluding hydrogens is 217 g/mol. The lowest BCUT2D eigenvalue weighted by Crippen LogP contribution is -2.23. The van der Waals surface area contributed by atoms with Gasteiger partial charge in [0.05, 0.1) is 6.67 Å². The Labute approximate surface area is 102 Å². The predicted molar refractivity (Wildman–Crippen MR) is 71.2 cm³/mol. The Morgan fingerprint density at radius 1 is 1.47 bits per heavy atom. The van der Waals surface area contributed by atoms with E-state index in [1.54, 1.807) is 0 Å². The van der Waals surface area contributed by atoms with Gasteiger partial charge in [-0.15, -0.1) is 0 Å². The smallest absolute Gasteiger partial charge is 0.193 e. The first-order valence-corrected chi connectivity index (χ1v) is 5.86. The van der Waals surface area contributed by atoms with Crippen molar-refractivity contribution in [3.63, 3.8) is 0 Å². The number of alkyl halides is 1. The van der Waals surface area contributed by atoms with Crippen LogP contribution in [0, 0.1) is 0 Å². The van der Waals surface area contributed by atoms with Gasteiger partial charge in [0, 0.05) is 12.2 Å². The van der Waals surface area contributed by atoms with Gasteiger partial charge in [0.15, 0.2) is 5.96 Å². The molecule has 0 saturated heterocycles. The van der Waals surface area contributed by atoms with Crippen LogP contribution in [0.1, 0.15) is 31.7 Å². The van der Waals surface area contributed by atoms with Crippen molar-refractivity contribution in [2.75, 3.05) is 18.5 Å². The fraction of sp³-hybridized carbons (Fsp3) is 0.462. The molecule has 3 N–H and O–H groups in total. The third kappa shape index (κ3) is 4.85. The summed E-state index contributed by atoms with van der Waals surface area (Å²) in [4.78, 5) is 4.03. The van der Waals surface area contributed by atoms with E-state index in [-0.39, 0.29) is 6.67 Å². The van der Waals surface area contributed by atoms with E-state index in [2.05, 4.69) is 30.2 Å². The normalized spacial score (nSPS) is 11.9. The van der Waals surface area contributed by atoms with Crippen molar-refractivity contribution in [1.29, 1.82) is 0 Å². The van der Waals surface area contributed by atoms with Gasteiger partial charge in [0.25, 0.3) is 0 Å². The van der Waals surface area contributed by atoms with Crippen molar-refractivity contribution in [3.8, 4) is 0 Å². The molecule has 0 saturated carbocycles. The van der Waals surface area contributed by atoms with Crippen LogP contribution < -0.4 is 11.1 Å². The molecule has 1 rings (SSSR count). The SMILES string of the molecule is CC(C)c1cccc(NC(N)=NCCCF)c1. The summed E-state index contributed by atoms with van der Waals surface area (Å²) in [6.45, 7) is 4.33. The third-order valence-electron chi connectivity index (χ3n) is 2.40. The lowest BCUT2D eigenvalue weighted by molar-refractivity contribution is 0.477. The fourth-order valence-electron chi connectivity index (χ4n) is 1.42. The van der Waals surface area contributed by atoms with Crippen LogP contribution in [0.3, 0.4) is 0 Å². The number of rotatable bonds is 5. The molecule has 94 valence electrons. The molecule has 0 aliphatic heterocycles. The molecule has 0 aliphatic carbocycles. The van der Waals surface area contributed by atoms with Gasteiger partial charge in [0.2, 0.25) is 0 Å². The quantitative estimate of drug-likeness (QED) is 0.470. The maximum absolute atomic E-state index is 11.9. The molecular formula is C13H20FN3. The number of hydrogen-bond donors (Lipinski definition) is 2. The van der Waals surface area contributed by atoms with Crippen LogP contribution >= 0.6 is 0 Å². The second kappa shape index (κ2) is 6.89. The van der Waals surface area contributed by atoms with E-state index in [1.807, 2.05) is 18.2 Å². The molecule has 1 aromatic carbocycles. The molecule has 0 radical (unpaired) electrons. The summed E-state index contributed by atoms with van der Waals surface area (Å²) in [7, 11) is 0. The highest BCUT2D eigenvalue weighted by molar-refractivity contribution is 5.92. The average Bonchev–Trinajstić information content (AvgIpc) is 2.29. The van der Waals surface area contributed by atoms with Gasteiger partial charge >= 0.3 is 0 Å². The van der Waals surface area contributed by atoms with E-state index in [1.165, 1.54) is 5.56 Å². The molecule has 0 unspecified atom stereocenters. The zero-order valence-electron chi connectivity index (χ0n) is 10.4. The van der Waals surface area contributed by atoms with Gasteiger partial charge in [-0.05, 0) is 30.0 Å². The first kappa shape index (κ1) is 13.5. The summed E-state index contributed by atoms with van der Waals surface area (Å²) >= 11 is 0. The van der Waals surface area contributed by atoms with Crippen LogP contribution in [0.2, 0.25) is 0 Å². The molecule has 4 heteroatoms. The number of nitrogens with one attached hydrogen (secondary N) is 1. The first-order chi connectivity index (χ1) is 8.13. The van der Waals surface area contributed by atoms with Crippen LogP contribution in [0.4, 0.5) is 10.1 Å². The number of benzene rings is 1. The highest BCUT2D eigenvalue weighted by Gasteiger charge is 2.00. The second-order valence-electron chi connectivity index (χ2n) is 4.21. The molecule has 0 atom stereocenters. The van der Waals surface area contributed by atoms with Crippen molar-refractivity contribution in [3.05, 3.63) is 29.8 Å². The largest absolute Gasteiger partial charge is 0.370 e. The highest BCUT2D eigenvalue weighted by atomic mass is 19.1. The minimum atomic E-state index is -0.361. The molecule has 0 aromatic heterocycles. The number of anilines is 1. The van der Waals surface area contributed by atoms with Crippen LogP contribution in [0.5, 0.6) is 0 Å². The number of aliphatic imine (C=N–C) groups is 1. The van der Waals surface area contributed by atoms with E-state index < -0.39 is 0 Å². The summed E-state index contributed by atoms with van der Waals surface area (Å²) in [5.74, 6) is 0.806. The van der Waals surface area contributed by atoms with Crippen molar-refractivity contribution in [2.24, 2.45) is 10.7 Å². The van der Waals surface area contributed by atoms with Gasteiger partial charge < -0.3 is 11.1 Å². The molecule has 1 aromatic rings. The number of guanidine groups is 1. The van der Waals surface area contributed by atoms with Gasteiger partial charge in [-0.2, -0.15) is 0 Å². The van der Waals surface area contributed by atoms with Crippen molar-refractivity contribution in [2.45, 2.75) is 26.2 Å². The second-order valence-corrected chi connectivity index (χ2v) is 4.21. The van der Waals surface area contributed by atoms with Gasteiger partial charge in [-0.3, -0.25) is 9.38 Å². The van der Waals surface area contributed by atoms with Crippen LogP contribution in [-0.4, -0.2) is 19.2 Å². The van der Waals surface area contributed by atoms with Crippen LogP contribution in [-0.2, 0) is 0 Å². The Bertz CT molecular complexity index is 375. The topological polar surface area (TPSA) is 50.4 Å². The minimum Gasteiger partial charge on any atom is -0.370 e. The Hall–Kier alpha value is -1.58. The molecule has 3 nitrogen and oxygen atoms in total. The number of halogens is 1. The maximum atomic E-state index is 11.9. The van der Waals surface area contributed by atoms with E-state index in [0.29, 0.717) is 24.8 Å². The van der Waals surface area contributed by atoms with Gasteiger partial charge in [-0.25, -0.2) is 0 Å². The van der Waals surface area contributed by atoms with E-state index in [4.69, 9.17) is 5.73 Å². The Morgan fingerprint density at radius 3 is 2.88 bits per heavy atom. The van der Waals surface area contributed by atoms with Crippen molar-refractivity contribution in [1.82, 2.24) is 0 Å². The number of nitrogens with two attached hydrogens (primary N) is 1. The van der Waals surface area contributed by atoms with Crippen molar-refractivity contribution < 1.29 is 4.39 Å². The average molecular weight is 237 g/mol. The molecule has 0 bridgehead atoms. The monoisotopic (exact) mass is 237 g/mol. The summed E-state index contributed by atoms with van der Waals surface area (Å²) in [5.41, 5.74) is 7.85. The Kier molecular flexibility index (Phi) is 5.46. The molecule has 0 heterocycles. The van der Waals surface area contributed by atoms with Gasteiger partial charge in [-0.1, -0.05) is 26.0 Å². The Balaban J connectivity index is 2.61. The van der Waals surface area contributed by atoms with E-state index in [9.17, 15) is 4.39 Å². The minimum absolute atomic E-state index is 0.333. The van der Waals surface area contributed by atoms with Gasteiger partial charge in [0.1, 0.15) is 0 Å². The van der Waals surface area contributed by atoms with Crippen molar-refractivity contribution >= 4 is 11.6 Å². The molecule has 17 heavy (non-hydrogen) atoms. The predicted octanol–water partition coefficient (Wildman–Crippen LogP) is 2.90. The first-order valence-electron chi connectivity index (χ1n) is 5.86. The zero-order chi connectivity index (χ0) is 12.7. The lowest BCUT2D eigenvalue weighted by atomic mass is 10.0. The number of nitrogens with zero attached hydrogens (tertiary/aromatic N) is 1. The standard InChI is InChI=1S/C13H20FN3/c1-10(2)11-5-3-6-12(9-11)17-13(15)16-8-4-7-14/h3,5-6,9-10H,4,7-8H2,1-2H3,(H3,15,16,17). The molecule has 0 aliphatic rings. The summed E-state index contributed by atoms with van der Waals surface area (Å²) in [6.07, 6.45) is 0.411. The zero-order valence-corrected chi connectivity index (χ0v) is 10.4. The summed E-state index contributed by atoms with van der Waals surface area (Å²) in [6, 6.07) is 8.03. The van der Waals surface area contributed by atoms with Crippen LogP contribution in [0.15, 0.2) is 29.3 Å². The number of hydrogen-bond acceptors (Lipinski definition) is 1. The molecule has 0 amide bonds. The Morgan fingerprint density at radius 2 is 2.24 bits per heavy atom. The lowest BCUT2D eigenvalue weighted by Gasteiger charge is -2.09. The highest BCUT2D eigenvalue weighted by Crippen LogP contribution is 2.18. The summed E-state index contributed by atoms with van der Waals surface area (Å²) in [5, 5.41) is 3.00. The molecule has 0 spiro atoms. The van der Waals surface area contributed by atoms with E-state index >= 15 is 0 Å². The third-order valence-corrected chi connectivity index (χ3v) is 2.40.